The maximum atomic E-state index is 13.7. The Bertz CT molecular complexity index is 875. The van der Waals surface area contributed by atoms with Gasteiger partial charge in [0.1, 0.15) is 11.6 Å². The van der Waals surface area contributed by atoms with Gasteiger partial charge >= 0.3 is 5.97 Å². The zero-order valence-corrected chi connectivity index (χ0v) is 13.6. The highest BCUT2D eigenvalue weighted by molar-refractivity contribution is 5.88. The number of carboxylic acid groups (broad SMARTS) is 1. The molecule has 1 aromatic heterocycles. The molecule has 0 atom stereocenters. The van der Waals surface area contributed by atoms with Crippen molar-refractivity contribution in [3.05, 3.63) is 72.2 Å². The largest absolute Gasteiger partial charge is 0.478 e. The number of carboxylic acids is 1. The van der Waals surface area contributed by atoms with Gasteiger partial charge in [0.05, 0.1) is 11.3 Å². The van der Waals surface area contributed by atoms with Gasteiger partial charge < -0.3 is 15.7 Å². The molecule has 0 spiro atoms. The van der Waals surface area contributed by atoms with Gasteiger partial charge in [-0.05, 0) is 42.5 Å². The van der Waals surface area contributed by atoms with E-state index < -0.39 is 5.97 Å². The van der Waals surface area contributed by atoms with Crippen LogP contribution in [-0.4, -0.2) is 21.0 Å². The predicted octanol–water partition coefficient (Wildman–Crippen LogP) is 4.22. The number of hydrogen-bond donors (Lipinski definition) is 3. The Labute approximate surface area is 149 Å². The molecule has 6 nitrogen and oxygen atoms in total. The van der Waals surface area contributed by atoms with Crippen LogP contribution in [0.15, 0.2) is 60.8 Å². The molecule has 3 aromatic rings. The van der Waals surface area contributed by atoms with E-state index in [0.717, 1.165) is 0 Å². The Morgan fingerprint density at radius 1 is 1.00 bits per heavy atom. The van der Waals surface area contributed by atoms with Crippen molar-refractivity contribution < 1.29 is 14.3 Å². The number of carbonyl (C=O) groups is 1. The number of nitrogens with zero attached hydrogens (tertiary/aromatic N) is 2. The van der Waals surface area contributed by atoms with Crippen LogP contribution >= 0.6 is 12.4 Å². The monoisotopic (exact) mass is 360 g/mol. The first kappa shape index (κ1) is 18.2. The van der Waals surface area contributed by atoms with Crippen LogP contribution in [-0.2, 0) is 0 Å². The van der Waals surface area contributed by atoms with Gasteiger partial charge in [0.2, 0.25) is 5.95 Å². The summed E-state index contributed by atoms with van der Waals surface area (Å²) in [6.07, 6.45) is 1.53. The minimum atomic E-state index is -0.992. The molecule has 0 saturated carbocycles. The number of aromatic nitrogens is 2. The molecule has 0 aliphatic carbocycles. The molecule has 3 rings (SSSR count). The number of aromatic carboxylic acids is 1. The van der Waals surface area contributed by atoms with Gasteiger partial charge in [-0.3, -0.25) is 0 Å². The van der Waals surface area contributed by atoms with E-state index in [1.165, 1.54) is 24.4 Å². The average molecular weight is 361 g/mol. The molecule has 8 heteroatoms. The highest BCUT2D eigenvalue weighted by atomic mass is 35.5. The first-order valence-electron chi connectivity index (χ1n) is 7.07. The van der Waals surface area contributed by atoms with Gasteiger partial charge in [-0.25, -0.2) is 14.2 Å². The highest BCUT2D eigenvalue weighted by Gasteiger charge is 2.05. The molecule has 25 heavy (non-hydrogen) atoms. The number of hydrogen-bond acceptors (Lipinski definition) is 5. The number of anilines is 4. The third-order valence-corrected chi connectivity index (χ3v) is 3.18. The fourth-order valence-corrected chi connectivity index (χ4v) is 2.01. The van der Waals surface area contributed by atoms with Crippen LogP contribution in [0.3, 0.4) is 0 Å². The second kappa shape index (κ2) is 8.07. The number of rotatable bonds is 5. The van der Waals surface area contributed by atoms with Crippen molar-refractivity contribution in [1.82, 2.24) is 9.97 Å². The van der Waals surface area contributed by atoms with Crippen molar-refractivity contribution in [3.8, 4) is 0 Å². The van der Waals surface area contributed by atoms with E-state index in [1.807, 2.05) is 0 Å². The molecule has 0 aliphatic heterocycles. The van der Waals surface area contributed by atoms with Crippen molar-refractivity contribution in [2.45, 2.75) is 0 Å². The quantitative estimate of drug-likeness (QED) is 0.631. The van der Waals surface area contributed by atoms with Crippen LogP contribution in [0.25, 0.3) is 0 Å². The van der Waals surface area contributed by atoms with Crippen LogP contribution in [0.4, 0.5) is 27.5 Å². The number of nitrogens with one attached hydrogen (secondary N) is 2. The van der Waals surface area contributed by atoms with Crippen LogP contribution in [0.2, 0.25) is 0 Å². The molecule has 1 heterocycles. The Balaban J connectivity index is 0.00000225. The molecule has 0 aliphatic rings. The van der Waals surface area contributed by atoms with Gasteiger partial charge in [-0.2, -0.15) is 4.98 Å². The lowest BCUT2D eigenvalue weighted by Crippen LogP contribution is -2.02. The van der Waals surface area contributed by atoms with Crippen molar-refractivity contribution in [3.63, 3.8) is 0 Å². The van der Waals surface area contributed by atoms with Crippen molar-refractivity contribution in [1.29, 1.82) is 0 Å². The third kappa shape index (κ3) is 4.65. The van der Waals surface area contributed by atoms with E-state index >= 15 is 0 Å². The first-order chi connectivity index (χ1) is 11.6. The average Bonchev–Trinajstić information content (AvgIpc) is 2.58. The summed E-state index contributed by atoms with van der Waals surface area (Å²) in [6, 6.07) is 14.1. The predicted molar refractivity (Wildman–Crippen MR) is 95.6 cm³/mol. The second-order valence-electron chi connectivity index (χ2n) is 4.88. The SMILES string of the molecule is Cl.O=C(O)c1ccc(Nc2nccc(Nc3ccccc3F)n2)cc1. The molecular weight excluding hydrogens is 347 g/mol. The van der Waals surface area contributed by atoms with E-state index in [0.29, 0.717) is 23.1 Å². The Morgan fingerprint density at radius 3 is 2.40 bits per heavy atom. The summed E-state index contributed by atoms with van der Waals surface area (Å²) in [4.78, 5) is 19.2. The molecule has 2 aromatic carbocycles. The summed E-state index contributed by atoms with van der Waals surface area (Å²) in [5.41, 5.74) is 1.15. The summed E-state index contributed by atoms with van der Waals surface area (Å²) in [5.74, 6) is -0.636. The first-order valence-corrected chi connectivity index (χ1v) is 7.07. The van der Waals surface area contributed by atoms with E-state index in [4.69, 9.17) is 5.11 Å². The number of benzene rings is 2. The van der Waals surface area contributed by atoms with Crippen molar-refractivity contribution >= 4 is 41.5 Å². The lowest BCUT2D eigenvalue weighted by Gasteiger charge is -2.09. The lowest BCUT2D eigenvalue weighted by atomic mass is 10.2. The molecule has 0 radical (unpaired) electrons. The second-order valence-corrected chi connectivity index (χ2v) is 4.88. The summed E-state index contributed by atoms with van der Waals surface area (Å²) < 4.78 is 13.7. The van der Waals surface area contributed by atoms with Crippen LogP contribution < -0.4 is 10.6 Å². The standard InChI is InChI=1S/C17H13FN4O2.ClH/c18-13-3-1-2-4-14(13)21-15-9-10-19-17(22-15)20-12-7-5-11(6-8-12)16(23)24;/h1-10H,(H,23,24)(H2,19,20,21,22);1H. The highest BCUT2D eigenvalue weighted by Crippen LogP contribution is 2.20. The Hall–Kier alpha value is -3.19. The molecule has 128 valence electrons. The molecular formula is C17H14ClFN4O2. The normalized spacial score (nSPS) is 9.80. The van der Waals surface area contributed by atoms with E-state index in [1.54, 1.807) is 36.4 Å². The maximum Gasteiger partial charge on any atom is 0.335 e. The van der Waals surface area contributed by atoms with Gasteiger partial charge in [0.15, 0.2) is 0 Å². The van der Waals surface area contributed by atoms with Gasteiger partial charge in [-0.1, -0.05) is 12.1 Å². The molecule has 0 amide bonds. The third-order valence-electron chi connectivity index (χ3n) is 3.18. The fraction of sp³-hybridized carbons (Fsp3) is 0. The Kier molecular flexibility index (Phi) is 5.86. The summed E-state index contributed by atoms with van der Waals surface area (Å²) >= 11 is 0. The van der Waals surface area contributed by atoms with Gasteiger partial charge in [0.25, 0.3) is 0 Å². The molecule has 0 bridgehead atoms. The van der Waals surface area contributed by atoms with E-state index in [2.05, 4.69) is 20.6 Å². The molecule has 0 saturated heterocycles. The summed E-state index contributed by atoms with van der Waals surface area (Å²) in [7, 11) is 0. The van der Waals surface area contributed by atoms with Gasteiger partial charge in [-0.15, -0.1) is 12.4 Å². The zero-order chi connectivity index (χ0) is 16.9. The van der Waals surface area contributed by atoms with Gasteiger partial charge in [0, 0.05) is 11.9 Å². The summed E-state index contributed by atoms with van der Waals surface area (Å²) in [6.45, 7) is 0. The molecule has 3 N–H and O–H groups in total. The number of halogens is 2. The van der Waals surface area contributed by atoms with Crippen LogP contribution in [0.5, 0.6) is 0 Å². The number of para-hydroxylation sites is 1. The summed E-state index contributed by atoms with van der Waals surface area (Å²) in [5, 5.41) is 14.7. The van der Waals surface area contributed by atoms with E-state index in [9.17, 15) is 9.18 Å². The maximum absolute atomic E-state index is 13.7. The molecule has 0 fully saturated rings. The van der Waals surface area contributed by atoms with E-state index in [-0.39, 0.29) is 23.8 Å². The zero-order valence-electron chi connectivity index (χ0n) is 12.8. The topological polar surface area (TPSA) is 87.1 Å². The van der Waals surface area contributed by atoms with Crippen molar-refractivity contribution in [2.24, 2.45) is 0 Å². The molecule has 0 unspecified atom stereocenters. The van der Waals surface area contributed by atoms with Crippen molar-refractivity contribution in [2.75, 3.05) is 10.6 Å². The fourth-order valence-electron chi connectivity index (χ4n) is 2.01. The Morgan fingerprint density at radius 2 is 1.72 bits per heavy atom. The minimum absolute atomic E-state index is 0. The van der Waals surface area contributed by atoms with Crippen LogP contribution in [0.1, 0.15) is 10.4 Å². The minimum Gasteiger partial charge on any atom is -0.478 e. The lowest BCUT2D eigenvalue weighted by molar-refractivity contribution is 0.0697. The van der Waals surface area contributed by atoms with Crippen LogP contribution in [0, 0.1) is 5.82 Å². The smallest absolute Gasteiger partial charge is 0.335 e.